The molecule has 0 spiro atoms. The summed E-state index contributed by atoms with van der Waals surface area (Å²) < 4.78 is 0. The Balaban J connectivity index is 2.08. The average molecular weight is 305 g/mol. The van der Waals surface area contributed by atoms with Gasteiger partial charge in [-0.2, -0.15) is 0 Å². The van der Waals surface area contributed by atoms with Crippen molar-refractivity contribution in [1.29, 1.82) is 0 Å². The highest BCUT2D eigenvalue weighted by molar-refractivity contribution is 8.00. The summed E-state index contributed by atoms with van der Waals surface area (Å²) in [5, 5.41) is 0. The van der Waals surface area contributed by atoms with Gasteiger partial charge in [0.1, 0.15) is 0 Å². The van der Waals surface area contributed by atoms with E-state index in [1.807, 2.05) is 11.8 Å². The fraction of sp³-hybridized carbons (Fsp3) is 0.200. The number of hydrogen-bond donors (Lipinski definition) is 0. The summed E-state index contributed by atoms with van der Waals surface area (Å²) in [6.45, 7) is 0. The van der Waals surface area contributed by atoms with Gasteiger partial charge in [0.15, 0.2) is 0 Å². The van der Waals surface area contributed by atoms with E-state index < -0.39 is 0 Å². The van der Waals surface area contributed by atoms with E-state index in [1.165, 1.54) is 31.0 Å². The third-order valence-corrected chi connectivity index (χ3v) is 5.82. The highest BCUT2D eigenvalue weighted by Crippen LogP contribution is 2.49. The Morgan fingerprint density at radius 1 is 0.842 bits per heavy atom. The summed E-state index contributed by atoms with van der Waals surface area (Å²) in [4.78, 5) is 7.63. The first-order valence-electron chi connectivity index (χ1n) is 6.00. The zero-order valence-electron chi connectivity index (χ0n) is 11.1. The largest absolute Gasteiger partial charge is 0.343 e. The van der Waals surface area contributed by atoms with Gasteiger partial charge in [-0.15, -0.1) is 23.5 Å². The Morgan fingerprint density at radius 3 is 1.74 bits per heavy atom. The predicted molar refractivity (Wildman–Crippen MR) is 88.6 cm³/mol. The van der Waals surface area contributed by atoms with Crippen molar-refractivity contribution >= 4 is 46.7 Å². The highest BCUT2D eigenvalue weighted by Gasteiger charge is 2.21. The molecule has 98 valence electrons. The molecule has 1 nitrogen and oxygen atoms in total. The van der Waals surface area contributed by atoms with Crippen molar-refractivity contribution in [3.63, 3.8) is 0 Å². The number of benzene rings is 2. The van der Waals surface area contributed by atoms with Crippen molar-refractivity contribution in [1.82, 2.24) is 0 Å². The summed E-state index contributed by atoms with van der Waals surface area (Å²) >= 11 is 5.47. The van der Waals surface area contributed by atoms with E-state index in [-0.39, 0.29) is 0 Å². The third-order valence-electron chi connectivity index (χ3n) is 3.28. The second-order valence-electron chi connectivity index (χ2n) is 4.33. The Kier molecular flexibility index (Phi) is 3.74. The van der Waals surface area contributed by atoms with Gasteiger partial charge in [-0.3, -0.25) is 0 Å². The van der Waals surface area contributed by atoms with Crippen LogP contribution in [0.15, 0.2) is 56.0 Å². The van der Waals surface area contributed by atoms with Gasteiger partial charge < -0.3 is 4.90 Å². The molecule has 2 aromatic carbocycles. The van der Waals surface area contributed by atoms with Crippen LogP contribution in [-0.2, 0) is 0 Å². The first-order valence-corrected chi connectivity index (χ1v) is 9.27. The fourth-order valence-electron chi connectivity index (χ4n) is 2.21. The molecule has 1 heterocycles. The molecule has 0 atom stereocenters. The third kappa shape index (κ3) is 2.37. The van der Waals surface area contributed by atoms with Gasteiger partial charge in [-0.05, 0) is 48.9 Å². The van der Waals surface area contributed by atoms with E-state index >= 15 is 0 Å². The summed E-state index contributed by atoms with van der Waals surface area (Å²) in [5.74, 6) is 0. The molecule has 0 bridgehead atoms. The molecular weight excluding hydrogens is 290 g/mol. The van der Waals surface area contributed by atoms with Crippen LogP contribution in [0.3, 0.4) is 0 Å². The van der Waals surface area contributed by atoms with Crippen molar-refractivity contribution in [2.75, 3.05) is 24.5 Å². The van der Waals surface area contributed by atoms with Crippen molar-refractivity contribution in [2.45, 2.75) is 19.6 Å². The van der Waals surface area contributed by atoms with Crippen LogP contribution < -0.4 is 4.90 Å². The number of nitrogens with zero attached hydrogens (tertiary/aromatic N) is 1. The first-order chi connectivity index (χ1) is 9.22. The van der Waals surface area contributed by atoms with Crippen LogP contribution in [0.2, 0.25) is 0 Å². The Bertz CT molecular complexity index is 571. The van der Waals surface area contributed by atoms with E-state index in [1.54, 1.807) is 23.5 Å². The molecule has 0 saturated carbocycles. The Labute approximate surface area is 127 Å². The van der Waals surface area contributed by atoms with Crippen LogP contribution in [-0.4, -0.2) is 19.6 Å². The van der Waals surface area contributed by atoms with E-state index in [9.17, 15) is 0 Å². The van der Waals surface area contributed by atoms with E-state index in [2.05, 4.69) is 60.9 Å². The number of rotatable bonds is 2. The summed E-state index contributed by atoms with van der Waals surface area (Å²) in [7, 11) is 2.15. The average Bonchev–Trinajstić information content (AvgIpc) is 2.46. The molecule has 0 fully saturated rings. The summed E-state index contributed by atoms with van der Waals surface area (Å²) in [6, 6.07) is 13.4. The molecule has 1 aliphatic heterocycles. The Morgan fingerprint density at radius 2 is 1.32 bits per heavy atom. The van der Waals surface area contributed by atoms with E-state index in [4.69, 9.17) is 0 Å². The zero-order valence-corrected chi connectivity index (χ0v) is 13.6. The minimum atomic E-state index is 1.30. The van der Waals surface area contributed by atoms with Gasteiger partial charge in [0, 0.05) is 26.6 Å². The van der Waals surface area contributed by atoms with Crippen molar-refractivity contribution < 1.29 is 0 Å². The minimum absolute atomic E-state index is 1.30. The second kappa shape index (κ2) is 5.35. The minimum Gasteiger partial charge on any atom is -0.343 e. The Hall–Kier alpha value is -0.710. The molecule has 4 heteroatoms. The highest BCUT2D eigenvalue weighted by atomic mass is 32.2. The zero-order chi connectivity index (χ0) is 13.4. The normalized spacial score (nSPS) is 13.1. The van der Waals surface area contributed by atoms with Gasteiger partial charge in [-0.1, -0.05) is 11.8 Å². The lowest BCUT2D eigenvalue weighted by atomic mass is 10.2. The number of anilines is 2. The molecule has 0 saturated heterocycles. The van der Waals surface area contributed by atoms with Gasteiger partial charge in [-0.25, -0.2) is 0 Å². The van der Waals surface area contributed by atoms with Crippen molar-refractivity contribution in [3.05, 3.63) is 36.4 Å². The molecule has 1 aliphatic rings. The van der Waals surface area contributed by atoms with Gasteiger partial charge in [0.2, 0.25) is 0 Å². The number of thioether (sulfide) groups is 2. The van der Waals surface area contributed by atoms with Gasteiger partial charge in [0.25, 0.3) is 0 Å². The van der Waals surface area contributed by atoms with Crippen LogP contribution >= 0.6 is 35.3 Å². The lowest BCUT2D eigenvalue weighted by Crippen LogP contribution is -2.14. The van der Waals surface area contributed by atoms with Crippen LogP contribution in [0, 0.1) is 0 Å². The first kappa shape index (κ1) is 13.3. The lowest BCUT2D eigenvalue weighted by molar-refractivity contribution is 1.09. The predicted octanol–water partition coefficient (Wildman–Crippen LogP) is 5.36. The molecule has 0 N–H and O–H groups in total. The molecule has 0 radical (unpaired) electrons. The topological polar surface area (TPSA) is 3.24 Å². The van der Waals surface area contributed by atoms with Gasteiger partial charge >= 0.3 is 0 Å². The van der Waals surface area contributed by atoms with Crippen molar-refractivity contribution in [2.24, 2.45) is 0 Å². The molecule has 0 amide bonds. The number of fused-ring (bicyclic) bond motifs is 2. The summed E-state index contributed by atoms with van der Waals surface area (Å²) in [6.07, 6.45) is 4.25. The quantitative estimate of drug-likeness (QED) is 0.686. The molecule has 0 unspecified atom stereocenters. The maximum atomic E-state index is 2.29. The second-order valence-corrected chi connectivity index (χ2v) is 7.17. The maximum absolute atomic E-state index is 2.29. The molecule has 0 aromatic heterocycles. The molecular formula is C15H15NS3. The smallest absolute Gasteiger partial charge is 0.0551 e. The molecule has 3 rings (SSSR count). The maximum Gasteiger partial charge on any atom is 0.0551 e. The van der Waals surface area contributed by atoms with Crippen LogP contribution in [0.25, 0.3) is 0 Å². The number of hydrogen-bond acceptors (Lipinski definition) is 4. The van der Waals surface area contributed by atoms with E-state index in [0.717, 1.165) is 0 Å². The fourth-order valence-corrected chi connectivity index (χ4v) is 4.47. The summed E-state index contributed by atoms with van der Waals surface area (Å²) in [5.41, 5.74) is 2.60. The molecule has 19 heavy (non-hydrogen) atoms. The van der Waals surface area contributed by atoms with Gasteiger partial charge in [0.05, 0.1) is 11.4 Å². The van der Waals surface area contributed by atoms with Crippen LogP contribution in [0.4, 0.5) is 11.4 Å². The molecule has 0 aliphatic carbocycles. The van der Waals surface area contributed by atoms with E-state index in [0.29, 0.717) is 0 Å². The SMILES string of the molecule is CSc1ccc2c(c1)Sc1cc(SC)ccc1N2C. The van der Waals surface area contributed by atoms with Crippen LogP contribution in [0.5, 0.6) is 0 Å². The molecule has 2 aromatic rings. The lowest BCUT2D eigenvalue weighted by Gasteiger charge is -2.30. The van der Waals surface area contributed by atoms with Crippen LogP contribution in [0.1, 0.15) is 0 Å². The standard InChI is InChI=1S/C15H15NS3/c1-16-12-6-4-10(17-2)8-14(12)19-15-9-11(18-3)5-7-13(15)16/h4-9H,1-3H3. The monoisotopic (exact) mass is 305 g/mol. The van der Waals surface area contributed by atoms with Crippen molar-refractivity contribution in [3.8, 4) is 0 Å².